The third-order valence-electron chi connectivity index (χ3n) is 2.84. The largest absolute Gasteiger partial charge is 0.309 e. The van der Waals surface area contributed by atoms with E-state index in [1.807, 2.05) is 24.0 Å². The molecule has 0 radical (unpaired) electrons. The van der Waals surface area contributed by atoms with Gasteiger partial charge in [-0.2, -0.15) is 5.10 Å². The van der Waals surface area contributed by atoms with E-state index in [1.54, 1.807) is 12.4 Å². The Morgan fingerprint density at radius 1 is 1.44 bits per heavy atom. The highest BCUT2D eigenvalue weighted by Crippen LogP contribution is 2.26. The van der Waals surface area contributed by atoms with E-state index in [4.69, 9.17) is 11.6 Å². The fraction of sp³-hybridized carbons (Fsp3) is 0.385. The van der Waals surface area contributed by atoms with Gasteiger partial charge in [0.1, 0.15) is 0 Å². The number of pyridine rings is 1. The second kappa shape index (κ2) is 5.98. The molecule has 4 nitrogen and oxygen atoms in total. The molecule has 0 aliphatic heterocycles. The number of hydrogen-bond acceptors (Lipinski definition) is 3. The Morgan fingerprint density at radius 3 is 2.94 bits per heavy atom. The van der Waals surface area contributed by atoms with E-state index in [2.05, 4.69) is 28.5 Å². The maximum absolute atomic E-state index is 6.19. The molecule has 2 heterocycles. The van der Waals surface area contributed by atoms with Crippen molar-refractivity contribution in [3.05, 3.63) is 47.0 Å². The molecule has 0 bridgehead atoms. The number of nitrogens with zero attached hydrogens (tertiary/aromatic N) is 3. The summed E-state index contributed by atoms with van der Waals surface area (Å²) in [6.45, 7) is 3.07. The molecule has 2 aromatic rings. The van der Waals surface area contributed by atoms with Crippen molar-refractivity contribution in [3.63, 3.8) is 0 Å². The SMILES string of the molecule is CCCn1cc(C(NC)c2ccncc2Cl)cn1. The quantitative estimate of drug-likeness (QED) is 0.903. The smallest absolute Gasteiger partial charge is 0.0640 e. The van der Waals surface area contributed by atoms with Crippen molar-refractivity contribution in [2.24, 2.45) is 0 Å². The molecule has 18 heavy (non-hydrogen) atoms. The average molecular weight is 265 g/mol. The molecule has 1 N–H and O–H groups in total. The summed E-state index contributed by atoms with van der Waals surface area (Å²) in [5, 5.41) is 8.28. The molecule has 0 fully saturated rings. The summed E-state index contributed by atoms with van der Waals surface area (Å²) in [7, 11) is 1.92. The molecule has 0 aliphatic rings. The lowest BCUT2D eigenvalue weighted by atomic mass is 10.0. The van der Waals surface area contributed by atoms with Gasteiger partial charge in [-0.3, -0.25) is 9.67 Å². The topological polar surface area (TPSA) is 42.7 Å². The molecule has 0 saturated heterocycles. The third-order valence-corrected chi connectivity index (χ3v) is 3.16. The van der Waals surface area contributed by atoms with Gasteiger partial charge in [0.2, 0.25) is 0 Å². The molecule has 0 saturated carbocycles. The maximum Gasteiger partial charge on any atom is 0.0640 e. The fourth-order valence-electron chi connectivity index (χ4n) is 2.00. The number of nitrogens with one attached hydrogen (secondary N) is 1. The van der Waals surface area contributed by atoms with Crippen LogP contribution in [-0.4, -0.2) is 21.8 Å². The molecule has 0 aromatic carbocycles. The first-order valence-electron chi connectivity index (χ1n) is 6.05. The predicted molar refractivity (Wildman–Crippen MR) is 72.7 cm³/mol. The molecule has 0 spiro atoms. The molecule has 1 atom stereocenters. The predicted octanol–water partition coefficient (Wildman–Crippen LogP) is 2.65. The Hall–Kier alpha value is -1.39. The minimum Gasteiger partial charge on any atom is -0.309 e. The van der Waals surface area contributed by atoms with Gasteiger partial charge in [-0.25, -0.2) is 0 Å². The van der Waals surface area contributed by atoms with Crippen LogP contribution in [0.2, 0.25) is 5.02 Å². The Bertz CT molecular complexity index is 509. The molecule has 2 rings (SSSR count). The molecule has 96 valence electrons. The van der Waals surface area contributed by atoms with Gasteiger partial charge in [0, 0.05) is 30.7 Å². The Morgan fingerprint density at radius 2 is 2.28 bits per heavy atom. The summed E-state index contributed by atoms with van der Waals surface area (Å²) in [5.41, 5.74) is 2.13. The summed E-state index contributed by atoms with van der Waals surface area (Å²) in [6.07, 6.45) is 8.43. The van der Waals surface area contributed by atoms with E-state index in [0.717, 1.165) is 24.1 Å². The molecule has 0 aliphatic carbocycles. The lowest BCUT2D eigenvalue weighted by Gasteiger charge is -2.15. The first-order valence-corrected chi connectivity index (χ1v) is 6.43. The summed E-state index contributed by atoms with van der Waals surface area (Å²) in [6, 6.07) is 1.98. The van der Waals surface area contributed by atoms with E-state index in [9.17, 15) is 0 Å². The third kappa shape index (κ3) is 2.71. The molecular weight excluding hydrogens is 248 g/mol. The van der Waals surface area contributed by atoms with Crippen LogP contribution in [-0.2, 0) is 6.54 Å². The van der Waals surface area contributed by atoms with Crippen LogP contribution in [0.1, 0.15) is 30.5 Å². The Kier molecular flexibility index (Phi) is 4.33. The standard InChI is InChI=1S/C13H17ClN4/c1-3-6-18-9-10(7-17-18)13(15-2)11-4-5-16-8-12(11)14/h4-5,7-9,13,15H,3,6H2,1-2H3. The van der Waals surface area contributed by atoms with Crippen molar-refractivity contribution in [2.75, 3.05) is 7.05 Å². The molecule has 0 amide bonds. The maximum atomic E-state index is 6.19. The van der Waals surface area contributed by atoms with E-state index in [0.29, 0.717) is 5.02 Å². The van der Waals surface area contributed by atoms with Gasteiger partial charge < -0.3 is 5.32 Å². The van der Waals surface area contributed by atoms with Crippen molar-refractivity contribution in [1.82, 2.24) is 20.1 Å². The van der Waals surface area contributed by atoms with Crippen LogP contribution in [0.5, 0.6) is 0 Å². The molecule has 5 heteroatoms. The second-order valence-electron chi connectivity index (χ2n) is 4.16. The van der Waals surface area contributed by atoms with Gasteiger partial charge in [0.05, 0.1) is 17.3 Å². The van der Waals surface area contributed by atoms with Crippen molar-refractivity contribution in [2.45, 2.75) is 25.9 Å². The minimum atomic E-state index is 0.0473. The first kappa shape index (κ1) is 13.1. The number of hydrogen-bond donors (Lipinski definition) is 1. The van der Waals surface area contributed by atoms with Gasteiger partial charge in [0.15, 0.2) is 0 Å². The van der Waals surface area contributed by atoms with Crippen molar-refractivity contribution >= 4 is 11.6 Å². The van der Waals surface area contributed by atoms with Crippen LogP contribution in [0.15, 0.2) is 30.9 Å². The average Bonchev–Trinajstić information content (AvgIpc) is 2.82. The van der Waals surface area contributed by atoms with E-state index in [-0.39, 0.29) is 6.04 Å². The lowest BCUT2D eigenvalue weighted by Crippen LogP contribution is -2.17. The van der Waals surface area contributed by atoms with E-state index in [1.165, 1.54) is 0 Å². The summed E-state index contributed by atoms with van der Waals surface area (Å²) >= 11 is 6.19. The van der Waals surface area contributed by atoms with Crippen LogP contribution in [0, 0.1) is 0 Å². The van der Waals surface area contributed by atoms with Crippen LogP contribution in [0.4, 0.5) is 0 Å². The van der Waals surface area contributed by atoms with Crippen molar-refractivity contribution < 1.29 is 0 Å². The van der Waals surface area contributed by atoms with E-state index < -0.39 is 0 Å². The van der Waals surface area contributed by atoms with Crippen LogP contribution in [0.3, 0.4) is 0 Å². The van der Waals surface area contributed by atoms with Crippen LogP contribution in [0.25, 0.3) is 0 Å². The van der Waals surface area contributed by atoms with Crippen LogP contribution >= 0.6 is 11.6 Å². The zero-order valence-corrected chi connectivity index (χ0v) is 11.4. The van der Waals surface area contributed by atoms with Gasteiger partial charge >= 0.3 is 0 Å². The summed E-state index contributed by atoms with van der Waals surface area (Å²) < 4.78 is 1.95. The van der Waals surface area contributed by atoms with Gasteiger partial charge in [0.25, 0.3) is 0 Å². The number of rotatable bonds is 5. The second-order valence-corrected chi connectivity index (χ2v) is 4.56. The van der Waals surface area contributed by atoms with E-state index >= 15 is 0 Å². The number of aryl methyl sites for hydroxylation is 1. The number of aromatic nitrogens is 3. The highest BCUT2D eigenvalue weighted by molar-refractivity contribution is 6.31. The summed E-state index contributed by atoms with van der Waals surface area (Å²) in [4.78, 5) is 4.01. The number of halogens is 1. The zero-order valence-electron chi connectivity index (χ0n) is 10.6. The normalized spacial score (nSPS) is 12.6. The van der Waals surface area contributed by atoms with Crippen LogP contribution < -0.4 is 5.32 Å². The molecule has 1 unspecified atom stereocenters. The van der Waals surface area contributed by atoms with Crippen molar-refractivity contribution in [1.29, 1.82) is 0 Å². The molecular formula is C13H17ClN4. The Labute approximate surface area is 112 Å². The first-order chi connectivity index (χ1) is 8.76. The van der Waals surface area contributed by atoms with Gasteiger partial charge in [-0.05, 0) is 25.1 Å². The Balaban J connectivity index is 2.30. The minimum absolute atomic E-state index is 0.0473. The summed E-state index contributed by atoms with van der Waals surface area (Å²) in [5.74, 6) is 0. The van der Waals surface area contributed by atoms with Gasteiger partial charge in [-0.15, -0.1) is 0 Å². The highest BCUT2D eigenvalue weighted by Gasteiger charge is 2.16. The molecule has 2 aromatic heterocycles. The lowest BCUT2D eigenvalue weighted by molar-refractivity contribution is 0.600. The zero-order chi connectivity index (χ0) is 13.0. The van der Waals surface area contributed by atoms with Crippen molar-refractivity contribution in [3.8, 4) is 0 Å². The monoisotopic (exact) mass is 264 g/mol. The van der Waals surface area contributed by atoms with Gasteiger partial charge in [-0.1, -0.05) is 18.5 Å². The highest BCUT2D eigenvalue weighted by atomic mass is 35.5. The fourth-order valence-corrected chi connectivity index (χ4v) is 2.23.